The zero-order chi connectivity index (χ0) is 16.2. The van der Waals surface area contributed by atoms with Crippen molar-refractivity contribution in [3.63, 3.8) is 0 Å². The number of hydrogen-bond donors (Lipinski definition) is 1. The van der Waals surface area contributed by atoms with Crippen molar-refractivity contribution in [1.82, 2.24) is 24.6 Å². The summed E-state index contributed by atoms with van der Waals surface area (Å²) >= 11 is 0. The molecule has 2 fully saturated rings. The molecular weight excluding hydrogens is 292 g/mol. The Balaban J connectivity index is 1.53. The maximum absolute atomic E-state index is 12.4. The van der Waals surface area contributed by atoms with E-state index in [1.807, 2.05) is 18.9 Å². The molecule has 2 aliphatic rings. The minimum Gasteiger partial charge on any atom is -0.323 e. The number of aryl methyl sites for hydroxylation is 2. The summed E-state index contributed by atoms with van der Waals surface area (Å²) in [4.78, 5) is 21.2. The summed E-state index contributed by atoms with van der Waals surface area (Å²) < 4.78 is 1.67. The molecule has 1 saturated heterocycles. The fraction of sp³-hybridized carbons (Fsp3) is 0.812. The third kappa shape index (κ3) is 4.02. The van der Waals surface area contributed by atoms with Crippen LogP contribution in [0.15, 0.2) is 0 Å². The molecule has 0 atom stereocenters. The third-order valence-corrected chi connectivity index (χ3v) is 5.11. The van der Waals surface area contributed by atoms with Crippen LogP contribution in [0.2, 0.25) is 0 Å². The number of nitrogens with one attached hydrogen (secondary N) is 1. The van der Waals surface area contributed by atoms with Gasteiger partial charge in [0.05, 0.1) is 0 Å². The zero-order valence-electron chi connectivity index (χ0n) is 14.3. The van der Waals surface area contributed by atoms with Crippen LogP contribution in [0.25, 0.3) is 0 Å². The van der Waals surface area contributed by atoms with Crippen LogP contribution in [0.3, 0.4) is 0 Å². The first-order chi connectivity index (χ1) is 11.1. The number of amides is 2. The summed E-state index contributed by atoms with van der Waals surface area (Å²) in [6.07, 6.45) is 7.78. The van der Waals surface area contributed by atoms with Crippen LogP contribution in [0.1, 0.15) is 44.3 Å². The number of rotatable bonds is 2. The van der Waals surface area contributed by atoms with Crippen molar-refractivity contribution in [1.29, 1.82) is 0 Å². The van der Waals surface area contributed by atoms with Crippen molar-refractivity contribution in [2.75, 3.05) is 31.5 Å². The molecule has 128 valence electrons. The molecule has 1 aliphatic heterocycles. The zero-order valence-corrected chi connectivity index (χ0v) is 14.3. The van der Waals surface area contributed by atoms with E-state index in [9.17, 15) is 4.79 Å². The van der Waals surface area contributed by atoms with Crippen LogP contribution in [0.5, 0.6) is 0 Å². The smallest absolute Gasteiger partial charge is 0.323 e. The fourth-order valence-electron chi connectivity index (χ4n) is 3.64. The van der Waals surface area contributed by atoms with Crippen LogP contribution in [0.4, 0.5) is 10.7 Å². The standard InChI is InChI=1S/C16H28N6O/c1-13-17-15(19-20(13)2)18-16(23)22-10-6-9-21(11-12-22)14-7-4-3-5-8-14/h14H,3-12H2,1-2H3,(H,18,19,23). The average Bonchev–Trinajstić information content (AvgIpc) is 2.77. The molecule has 1 N–H and O–H groups in total. The summed E-state index contributed by atoms with van der Waals surface area (Å²) in [5.41, 5.74) is 0. The van der Waals surface area contributed by atoms with E-state index in [0.717, 1.165) is 44.5 Å². The first kappa shape index (κ1) is 16.2. The van der Waals surface area contributed by atoms with Gasteiger partial charge in [0.15, 0.2) is 0 Å². The SMILES string of the molecule is Cc1nc(NC(=O)N2CCCN(C3CCCCC3)CC2)nn1C. The molecule has 1 saturated carbocycles. The summed E-state index contributed by atoms with van der Waals surface area (Å²) in [6, 6.07) is 0.646. The number of anilines is 1. The van der Waals surface area contributed by atoms with Gasteiger partial charge in [-0.3, -0.25) is 14.9 Å². The third-order valence-electron chi connectivity index (χ3n) is 5.11. The van der Waals surface area contributed by atoms with Gasteiger partial charge >= 0.3 is 6.03 Å². The van der Waals surface area contributed by atoms with E-state index in [0.29, 0.717) is 5.95 Å². The van der Waals surface area contributed by atoms with Gasteiger partial charge in [-0.25, -0.2) is 4.79 Å². The number of carbonyl (C=O) groups is 1. The van der Waals surface area contributed by atoms with Gasteiger partial charge in [-0.2, -0.15) is 4.98 Å². The van der Waals surface area contributed by atoms with Gasteiger partial charge in [-0.1, -0.05) is 19.3 Å². The second-order valence-corrected chi connectivity index (χ2v) is 6.70. The van der Waals surface area contributed by atoms with E-state index >= 15 is 0 Å². The molecule has 1 aliphatic carbocycles. The average molecular weight is 320 g/mol. The van der Waals surface area contributed by atoms with E-state index in [-0.39, 0.29) is 6.03 Å². The normalized spacial score (nSPS) is 21.2. The van der Waals surface area contributed by atoms with Crippen LogP contribution >= 0.6 is 0 Å². The monoisotopic (exact) mass is 320 g/mol. The highest BCUT2D eigenvalue weighted by molar-refractivity contribution is 5.87. The minimum absolute atomic E-state index is 0.0823. The molecule has 7 heteroatoms. The summed E-state index contributed by atoms with van der Waals surface area (Å²) in [7, 11) is 1.83. The first-order valence-electron chi connectivity index (χ1n) is 8.81. The summed E-state index contributed by atoms with van der Waals surface area (Å²) in [5, 5.41) is 7.01. The summed E-state index contributed by atoms with van der Waals surface area (Å²) in [5.74, 6) is 1.18. The molecule has 3 rings (SSSR count). The Kier molecular flexibility index (Phi) is 5.15. The fourth-order valence-corrected chi connectivity index (χ4v) is 3.64. The summed E-state index contributed by atoms with van der Waals surface area (Å²) in [6.45, 7) is 5.55. The van der Waals surface area contributed by atoms with Crippen molar-refractivity contribution in [2.24, 2.45) is 7.05 Å². The van der Waals surface area contributed by atoms with E-state index in [2.05, 4.69) is 20.3 Å². The predicted molar refractivity (Wildman–Crippen MR) is 89.4 cm³/mol. The highest BCUT2D eigenvalue weighted by Gasteiger charge is 2.25. The molecule has 0 bridgehead atoms. The molecule has 7 nitrogen and oxygen atoms in total. The maximum atomic E-state index is 12.4. The Morgan fingerprint density at radius 1 is 1.09 bits per heavy atom. The molecule has 0 aromatic carbocycles. The van der Waals surface area contributed by atoms with Crippen molar-refractivity contribution >= 4 is 12.0 Å². The van der Waals surface area contributed by atoms with Crippen LogP contribution in [-0.4, -0.2) is 62.8 Å². The van der Waals surface area contributed by atoms with Crippen molar-refractivity contribution in [3.05, 3.63) is 5.82 Å². The Labute approximate surface area is 138 Å². The predicted octanol–water partition coefficient (Wildman–Crippen LogP) is 2.00. The quantitative estimate of drug-likeness (QED) is 0.905. The molecule has 23 heavy (non-hydrogen) atoms. The highest BCUT2D eigenvalue weighted by atomic mass is 16.2. The lowest BCUT2D eigenvalue weighted by Gasteiger charge is -2.33. The van der Waals surface area contributed by atoms with Crippen molar-refractivity contribution in [3.8, 4) is 0 Å². The van der Waals surface area contributed by atoms with Gasteiger partial charge in [-0.05, 0) is 26.2 Å². The second kappa shape index (κ2) is 7.29. The van der Waals surface area contributed by atoms with Gasteiger partial charge in [-0.15, -0.1) is 5.10 Å². The molecule has 0 radical (unpaired) electrons. The molecule has 0 spiro atoms. The van der Waals surface area contributed by atoms with Crippen LogP contribution in [-0.2, 0) is 7.05 Å². The Morgan fingerprint density at radius 2 is 1.87 bits per heavy atom. The number of carbonyl (C=O) groups excluding carboxylic acids is 1. The van der Waals surface area contributed by atoms with E-state index < -0.39 is 0 Å². The lowest BCUT2D eigenvalue weighted by atomic mass is 9.94. The van der Waals surface area contributed by atoms with Gasteiger partial charge in [0.25, 0.3) is 0 Å². The highest BCUT2D eigenvalue weighted by Crippen LogP contribution is 2.23. The van der Waals surface area contributed by atoms with Gasteiger partial charge < -0.3 is 4.90 Å². The van der Waals surface area contributed by atoms with Crippen LogP contribution in [0, 0.1) is 6.92 Å². The number of nitrogens with zero attached hydrogens (tertiary/aromatic N) is 5. The Morgan fingerprint density at radius 3 is 2.57 bits per heavy atom. The number of hydrogen-bond acceptors (Lipinski definition) is 4. The minimum atomic E-state index is -0.0823. The molecule has 0 unspecified atom stereocenters. The molecule has 2 heterocycles. The van der Waals surface area contributed by atoms with Crippen molar-refractivity contribution < 1.29 is 4.79 Å². The largest absolute Gasteiger partial charge is 0.324 e. The Bertz CT molecular complexity index is 517. The molecule has 1 aromatic rings. The lowest BCUT2D eigenvalue weighted by molar-refractivity contribution is 0.160. The first-order valence-corrected chi connectivity index (χ1v) is 8.81. The second-order valence-electron chi connectivity index (χ2n) is 6.70. The van der Waals surface area contributed by atoms with E-state index in [4.69, 9.17) is 0 Å². The molecule has 2 amide bonds. The Hall–Kier alpha value is -1.63. The molecule has 1 aromatic heterocycles. The van der Waals surface area contributed by atoms with Gasteiger partial charge in [0, 0.05) is 39.3 Å². The van der Waals surface area contributed by atoms with E-state index in [1.54, 1.807) is 4.68 Å². The lowest BCUT2D eigenvalue weighted by Crippen LogP contribution is -2.41. The van der Waals surface area contributed by atoms with Crippen molar-refractivity contribution in [2.45, 2.75) is 51.5 Å². The topological polar surface area (TPSA) is 66.3 Å². The number of urea groups is 1. The van der Waals surface area contributed by atoms with Crippen LogP contribution < -0.4 is 5.32 Å². The number of aromatic nitrogens is 3. The maximum Gasteiger partial charge on any atom is 0.324 e. The van der Waals surface area contributed by atoms with E-state index in [1.165, 1.54) is 32.1 Å². The molecular formula is C16H28N6O. The van der Waals surface area contributed by atoms with Gasteiger partial charge in [0.1, 0.15) is 5.82 Å². The van der Waals surface area contributed by atoms with Gasteiger partial charge in [0.2, 0.25) is 5.95 Å².